The molecular formula is C19H31N3O2. The summed E-state index contributed by atoms with van der Waals surface area (Å²) in [5.74, 6) is 1.41. The number of carbonyl (C=O) groups is 1. The average Bonchev–Trinajstić information content (AvgIpc) is 3.13. The Morgan fingerprint density at radius 3 is 2.33 bits per heavy atom. The molecule has 1 atom stereocenters. The molecule has 2 N–H and O–H groups in total. The number of nitrogens with one attached hydrogen (secondary N) is 2. The lowest BCUT2D eigenvalue weighted by molar-refractivity contribution is 0.163. The molecule has 1 aliphatic heterocycles. The Morgan fingerprint density at radius 2 is 1.79 bits per heavy atom. The molecule has 0 aromatic heterocycles. The van der Waals surface area contributed by atoms with Gasteiger partial charge in [0.2, 0.25) is 0 Å². The Balaban J connectivity index is 1.88. The van der Waals surface area contributed by atoms with E-state index in [0.717, 1.165) is 37.4 Å². The minimum atomic E-state index is -0.143. The van der Waals surface area contributed by atoms with Gasteiger partial charge in [0, 0.05) is 18.3 Å². The van der Waals surface area contributed by atoms with E-state index in [4.69, 9.17) is 4.74 Å². The summed E-state index contributed by atoms with van der Waals surface area (Å²) in [6.07, 6.45) is 4.85. The summed E-state index contributed by atoms with van der Waals surface area (Å²) in [6, 6.07) is 7.66. The van der Waals surface area contributed by atoms with Crippen molar-refractivity contribution in [1.82, 2.24) is 10.2 Å². The molecule has 1 aromatic rings. The predicted molar refractivity (Wildman–Crippen MR) is 98.7 cm³/mol. The largest absolute Gasteiger partial charge is 0.497 e. The third-order valence-corrected chi connectivity index (χ3v) is 5.02. The summed E-state index contributed by atoms with van der Waals surface area (Å²) in [6.45, 7) is 7.50. The highest BCUT2D eigenvalue weighted by molar-refractivity contribution is 5.89. The second-order valence-electron chi connectivity index (χ2n) is 6.45. The summed E-state index contributed by atoms with van der Waals surface area (Å²) < 4.78 is 5.13. The van der Waals surface area contributed by atoms with Crippen molar-refractivity contribution in [2.75, 3.05) is 32.1 Å². The van der Waals surface area contributed by atoms with E-state index < -0.39 is 0 Å². The summed E-state index contributed by atoms with van der Waals surface area (Å²) >= 11 is 0. The second-order valence-corrected chi connectivity index (χ2v) is 6.45. The van der Waals surface area contributed by atoms with Crippen LogP contribution in [-0.4, -0.2) is 43.7 Å². The molecule has 1 aromatic carbocycles. The number of anilines is 1. The van der Waals surface area contributed by atoms with E-state index in [1.807, 2.05) is 24.3 Å². The average molecular weight is 333 g/mol. The zero-order valence-corrected chi connectivity index (χ0v) is 15.2. The highest BCUT2D eigenvalue weighted by Gasteiger charge is 2.27. The van der Waals surface area contributed by atoms with E-state index in [1.165, 1.54) is 12.8 Å². The van der Waals surface area contributed by atoms with Crippen LogP contribution in [0, 0.1) is 5.92 Å². The van der Waals surface area contributed by atoms with Gasteiger partial charge in [-0.05, 0) is 56.1 Å². The zero-order valence-electron chi connectivity index (χ0n) is 15.2. The topological polar surface area (TPSA) is 53.6 Å². The van der Waals surface area contributed by atoms with E-state index in [0.29, 0.717) is 18.5 Å². The van der Waals surface area contributed by atoms with Gasteiger partial charge in [0.05, 0.1) is 7.11 Å². The molecule has 5 heteroatoms. The van der Waals surface area contributed by atoms with Crippen LogP contribution < -0.4 is 15.4 Å². The van der Waals surface area contributed by atoms with Crippen LogP contribution in [0.4, 0.5) is 10.5 Å². The number of ether oxygens (including phenoxy) is 1. The molecule has 0 aliphatic carbocycles. The maximum atomic E-state index is 12.2. The summed E-state index contributed by atoms with van der Waals surface area (Å²) in [7, 11) is 1.63. The van der Waals surface area contributed by atoms with E-state index >= 15 is 0 Å². The van der Waals surface area contributed by atoms with Crippen molar-refractivity contribution >= 4 is 11.7 Å². The van der Waals surface area contributed by atoms with E-state index in [-0.39, 0.29) is 6.03 Å². The molecule has 0 bridgehead atoms. The third-order valence-electron chi connectivity index (χ3n) is 5.02. The smallest absolute Gasteiger partial charge is 0.319 e. The number of hydrogen-bond donors (Lipinski definition) is 2. The van der Waals surface area contributed by atoms with Crippen molar-refractivity contribution < 1.29 is 9.53 Å². The normalized spacial score (nSPS) is 16.2. The molecule has 0 saturated carbocycles. The molecule has 0 spiro atoms. The van der Waals surface area contributed by atoms with Gasteiger partial charge in [0.25, 0.3) is 0 Å². The Labute approximate surface area is 145 Å². The Bertz CT molecular complexity index is 492. The van der Waals surface area contributed by atoms with Crippen molar-refractivity contribution in [1.29, 1.82) is 0 Å². The van der Waals surface area contributed by atoms with Gasteiger partial charge in [-0.3, -0.25) is 4.90 Å². The highest BCUT2D eigenvalue weighted by atomic mass is 16.5. The molecular weight excluding hydrogens is 302 g/mol. The van der Waals surface area contributed by atoms with Gasteiger partial charge in [-0.1, -0.05) is 26.7 Å². The molecule has 1 fully saturated rings. The fourth-order valence-corrected chi connectivity index (χ4v) is 3.55. The number of hydrogen-bond acceptors (Lipinski definition) is 3. The van der Waals surface area contributed by atoms with Gasteiger partial charge in [0.15, 0.2) is 0 Å². The van der Waals surface area contributed by atoms with Crippen LogP contribution in [0.15, 0.2) is 24.3 Å². The first-order valence-corrected chi connectivity index (χ1v) is 9.10. The second kappa shape index (κ2) is 9.52. The van der Waals surface area contributed by atoms with Crippen LogP contribution >= 0.6 is 0 Å². The minimum absolute atomic E-state index is 0.143. The van der Waals surface area contributed by atoms with Crippen LogP contribution in [0.25, 0.3) is 0 Å². The first-order valence-electron chi connectivity index (χ1n) is 9.10. The van der Waals surface area contributed by atoms with Gasteiger partial charge in [-0.25, -0.2) is 4.79 Å². The lowest BCUT2D eigenvalue weighted by Crippen LogP contribution is -2.47. The van der Waals surface area contributed by atoms with Crippen LogP contribution in [0.3, 0.4) is 0 Å². The number of urea groups is 1. The fraction of sp³-hybridized carbons (Fsp3) is 0.632. The number of carbonyl (C=O) groups excluding carboxylic acids is 1. The van der Waals surface area contributed by atoms with Crippen molar-refractivity contribution in [2.45, 2.75) is 45.6 Å². The Kier molecular flexibility index (Phi) is 7.37. The van der Waals surface area contributed by atoms with Crippen LogP contribution in [0.1, 0.15) is 39.5 Å². The van der Waals surface area contributed by atoms with Gasteiger partial charge >= 0.3 is 6.03 Å². The first kappa shape index (κ1) is 18.6. The molecule has 1 aliphatic rings. The number of likely N-dealkylation sites (tertiary alicyclic amines) is 1. The molecule has 1 saturated heterocycles. The molecule has 1 heterocycles. The van der Waals surface area contributed by atoms with E-state index in [1.54, 1.807) is 7.11 Å². The quantitative estimate of drug-likeness (QED) is 0.762. The lowest BCUT2D eigenvalue weighted by Gasteiger charge is -2.33. The van der Waals surface area contributed by atoms with Gasteiger partial charge in [0.1, 0.15) is 5.75 Å². The predicted octanol–water partition coefficient (Wildman–Crippen LogP) is 3.72. The number of methoxy groups -OCH3 is 1. The molecule has 134 valence electrons. The lowest BCUT2D eigenvalue weighted by atomic mass is 9.93. The van der Waals surface area contributed by atoms with Crippen molar-refractivity contribution in [3.63, 3.8) is 0 Å². The number of nitrogens with zero attached hydrogens (tertiary/aromatic N) is 1. The standard InChI is InChI=1S/C19H31N3O2/c1-4-15(5-2)18(22-12-6-7-13-22)14-20-19(23)21-16-8-10-17(24-3)11-9-16/h8-11,15,18H,4-7,12-14H2,1-3H3,(H2,20,21,23)/t18-/m0/s1. The first-order chi connectivity index (χ1) is 11.7. The minimum Gasteiger partial charge on any atom is -0.497 e. The molecule has 2 amide bonds. The SMILES string of the molecule is CCC(CC)[C@H](CNC(=O)Nc1ccc(OC)cc1)N1CCCC1. The molecule has 0 radical (unpaired) electrons. The van der Waals surface area contributed by atoms with Gasteiger partial charge in [-0.15, -0.1) is 0 Å². The van der Waals surface area contributed by atoms with Crippen LogP contribution in [-0.2, 0) is 0 Å². The number of amides is 2. The molecule has 5 nitrogen and oxygen atoms in total. The highest BCUT2D eigenvalue weighted by Crippen LogP contribution is 2.22. The zero-order chi connectivity index (χ0) is 17.4. The number of benzene rings is 1. The van der Waals surface area contributed by atoms with E-state index in [2.05, 4.69) is 29.4 Å². The number of rotatable bonds is 8. The van der Waals surface area contributed by atoms with E-state index in [9.17, 15) is 4.79 Å². The molecule has 2 rings (SSSR count). The van der Waals surface area contributed by atoms with Crippen LogP contribution in [0.2, 0.25) is 0 Å². The van der Waals surface area contributed by atoms with Gasteiger partial charge < -0.3 is 15.4 Å². The van der Waals surface area contributed by atoms with Crippen LogP contribution in [0.5, 0.6) is 5.75 Å². The van der Waals surface area contributed by atoms with Crippen molar-refractivity contribution in [2.24, 2.45) is 5.92 Å². The maximum absolute atomic E-state index is 12.2. The molecule has 0 unspecified atom stereocenters. The monoisotopic (exact) mass is 333 g/mol. The molecule has 24 heavy (non-hydrogen) atoms. The Hall–Kier alpha value is -1.75. The maximum Gasteiger partial charge on any atom is 0.319 e. The summed E-state index contributed by atoms with van der Waals surface area (Å²) in [4.78, 5) is 14.8. The van der Waals surface area contributed by atoms with Crippen molar-refractivity contribution in [3.05, 3.63) is 24.3 Å². The van der Waals surface area contributed by atoms with Crippen molar-refractivity contribution in [3.8, 4) is 5.75 Å². The van der Waals surface area contributed by atoms with Gasteiger partial charge in [-0.2, -0.15) is 0 Å². The Morgan fingerprint density at radius 1 is 1.17 bits per heavy atom. The third kappa shape index (κ3) is 5.13. The summed E-state index contributed by atoms with van der Waals surface area (Å²) in [5.41, 5.74) is 0.772. The summed E-state index contributed by atoms with van der Waals surface area (Å²) in [5, 5.41) is 5.95. The fourth-order valence-electron chi connectivity index (χ4n) is 3.55.